The van der Waals surface area contributed by atoms with E-state index in [9.17, 15) is 13.2 Å². The number of aryl methyl sites for hydroxylation is 2. The summed E-state index contributed by atoms with van der Waals surface area (Å²) >= 11 is 0. The standard InChI is InChI=1S/C15H24N4O3S/c1-4-5-6-11(10-16)17-23(21,22)12-7-8-13-14(9-12)19(3)15(20)18(13)2/h7-9,11,17H,4-6,10,16H2,1-3H3. The molecule has 0 bridgehead atoms. The molecule has 0 aliphatic rings. The Morgan fingerprint density at radius 2 is 1.87 bits per heavy atom. The molecule has 8 heteroatoms. The van der Waals surface area contributed by atoms with Crippen molar-refractivity contribution in [2.24, 2.45) is 19.8 Å². The Morgan fingerprint density at radius 3 is 2.48 bits per heavy atom. The minimum absolute atomic E-state index is 0.140. The second kappa shape index (κ2) is 6.86. The predicted molar refractivity (Wildman–Crippen MR) is 90.8 cm³/mol. The number of nitrogens with two attached hydrogens (primary N) is 1. The summed E-state index contributed by atoms with van der Waals surface area (Å²) in [7, 11) is -0.386. The molecule has 0 saturated carbocycles. The van der Waals surface area contributed by atoms with Crippen LogP contribution in [0.15, 0.2) is 27.9 Å². The third-order valence-corrected chi connectivity index (χ3v) is 5.58. The fourth-order valence-corrected chi connectivity index (χ4v) is 3.92. The molecule has 0 saturated heterocycles. The molecule has 0 spiro atoms. The first-order valence-corrected chi connectivity index (χ1v) is 9.18. The van der Waals surface area contributed by atoms with Crippen molar-refractivity contribution >= 4 is 21.1 Å². The van der Waals surface area contributed by atoms with E-state index in [4.69, 9.17) is 5.73 Å². The number of hydrogen-bond acceptors (Lipinski definition) is 4. The van der Waals surface area contributed by atoms with Crippen molar-refractivity contribution in [3.8, 4) is 0 Å². The summed E-state index contributed by atoms with van der Waals surface area (Å²) in [5.41, 5.74) is 6.75. The van der Waals surface area contributed by atoms with E-state index >= 15 is 0 Å². The molecule has 3 N–H and O–H groups in total. The molecule has 23 heavy (non-hydrogen) atoms. The fraction of sp³-hybridized carbons (Fsp3) is 0.533. The van der Waals surface area contributed by atoms with Gasteiger partial charge in [0.25, 0.3) is 0 Å². The van der Waals surface area contributed by atoms with Crippen LogP contribution >= 0.6 is 0 Å². The third kappa shape index (κ3) is 3.49. The number of nitrogens with zero attached hydrogens (tertiary/aromatic N) is 2. The van der Waals surface area contributed by atoms with Gasteiger partial charge < -0.3 is 5.73 Å². The molecule has 128 valence electrons. The monoisotopic (exact) mass is 340 g/mol. The molecule has 0 radical (unpaired) electrons. The highest BCUT2D eigenvalue weighted by molar-refractivity contribution is 7.89. The Labute approximate surface area is 136 Å². The zero-order chi connectivity index (χ0) is 17.2. The number of unbranched alkanes of at least 4 members (excludes halogenated alkanes) is 1. The molecule has 0 amide bonds. The number of fused-ring (bicyclic) bond motifs is 1. The second-order valence-corrected chi connectivity index (χ2v) is 7.46. The first-order chi connectivity index (χ1) is 10.8. The third-order valence-electron chi connectivity index (χ3n) is 4.07. The lowest BCUT2D eigenvalue weighted by Crippen LogP contribution is -2.40. The smallest absolute Gasteiger partial charge is 0.328 e. The highest BCUT2D eigenvalue weighted by atomic mass is 32.2. The Morgan fingerprint density at radius 1 is 1.22 bits per heavy atom. The number of hydrogen-bond donors (Lipinski definition) is 2. The average Bonchev–Trinajstić information content (AvgIpc) is 2.75. The zero-order valence-electron chi connectivity index (χ0n) is 13.7. The molecule has 2 aromatic rings. The lowest BCUT2D eigenvalue weighted by Gasteiger charge is -2.16. The van der Waals surface area contributed by atoms with E-state index in [1.54, 1.807) is 20.2 Å². The summed E-state index contributed by atoms with van der Waals surface area (Å²) in [5, 5.41) is 0. The van der Waals surface area contributed by atoms with Gasteiger partial charge in [-0.05, 0) is 24.6 Å². The Hall–Kier alpha value is -1.64. The number of sulfonamides is 1. The maximum Gasteiger partial charge on any atom is 0.328 e. The van der Waals surface area contributed by atoms with E-state index in [-0.39, 0.29) is 23.2 Å². The quantitative estimate of drug-likeness (QED) is 0.774. The van der Waals surface area contributed by atoms with E-state index in [1.807, 2.05) is 6.92 Å². The van der Waals surface area contributed by atoms with Crippen molar-refractivity contribution in [1.82, 2.24) is 13.9 Å². The zero-order valence-corrected chi connectivity index (χ0v) is 14.6. The first-order valence-electron chi connectivity index (χ1n) is 7.69. The average molecular weight is 340 g/mol. The van der Waals surface area contributed by atoms with Gasteiger partial charge in [0.1, 0.15) is 0 Å². The SMILES string of the molecule is CCCCC(CN)NS(=O)(=O)c1ccc2c(c1)n(C)c(=O)n2C. The van der Waals surface area contributed by atoms with Gasteiger partial charge in [0.2, 0.25) is 10.0 Å². The molecular weight excluding hydrogens is 316 g/mol. The summed E-state index contributed by atoms with van der Waals surface area (Å²) in [4.78, 5) is 12.1. The second-order valence-electron chi connectivity index (χ2n) is 5.75. The van der Waals surface area contributed by atoms with Crippen LogP contribution in [0.4, 0.5) is 0 Å². The summed E-state index contributed by atoms with van der Waals surface area (Å²) in [6.45, 7) is 2.30. The van der Waals surface area contributed by atoms with Gasteiger partial charge in [0, 0.05) is 26.7 Å². The van der Waals surface area contributed by atoms with Crippen molar-refractivity contribution in [1.29, 1.82) is 0 Å². The van der Waals surface area contributed by atoms with Crippen molar-refractivity contribution in [2.75, 3.05) is 6.54 Å². The molecule has 0 aliphatic carbocycles. The van der Waals surface area contributed by atoms with E-state index < -0.39 is 10.0 Å². The molecule has 1 aromatic heterocycles. The van der Waals surface area contributed by atoms with E-state index in [1.165, 1.54) is 21.3 Å². The van der Waals surface area contributed by atoms with Crippen LogP contribution in [-0.4, -0.2) is 30.1 Å². The van der Waals surface area contributed by atoms with Crippen LogP contribution in [-0.2, 0) is 24.1 Å². The van der Waals surface area contributed by atoms with Gasteiger partial charge in [-0.15, -0.1) is 0 Å². The van der Waals surface area contributed by atoms with Crippen LogP contribution in [0.3, 0.4) is 0 Å². The molecular formula is C15H24N4O3S. The van der Waals surface area contributed by atoms with Crippen LogP contribution in [0.25, 0.3) is 11.0 Å². The number of aromatic nitrogens is 2. The number of nitrogens with one attached hydrogen (secondary N) is 1. The fourth-order valence-electron chi connectivity index (χ4n) is 2.62. The van der Waals surface area contributed by atoms with Crippen LogP contribution < -0.4 is 16.1 Å². The van der Waals surface area contributed by atoms with Crippen LogP contribution in [0.5, 0.6) is 0 Å². The summed E-state index contributed by atoms with van der Waals surface area (Å²) in [6, 6.07) is 4.40. The summed E-state index contributed by atoms with van der Waals surface area (Å²) < 4.78 is 30.7. The molecule has 1 atom stereocenters. The Kier molecular flexibility index (Phi) is 5.28. The van der Waals surface area contributed by atoms with Gasteiger partial charge >= 0.3 is 5.69 Å². The van der Waals surface area contributed by atoms with Gasteiger partial charge in [0.05, 0.1) is 15.9 Å². The van der Waals surface area contributed by atoms with Crippen molar-refractivity contribution in [3.63, 3.8) is 0 Å². The van der Waals surface area contributed by atoms with Crippen LogP contribution in [0, 0.1) is 0 Å². The minimum Gasteiger partial charge on any atom is -0.329 e. The first kappa shape index (κ1) is 17.7. The Bertz CT molecular complexity index is 851. The highest BCUT2D eigenvalue weighted by Gasteiger charge is 2.20. The number of rotatable bonds is 7. The van der Waals surface area contributed by atoms with Gasteiger partial charge in [-0.1, -0.05) is 19.8 Å². The van der Waals surface area contributed by atoms with Gasteiger partial charge in [-0.2, -0.15) is 0 Å². The van der Waals surface area contributed by atoms with E-state index in [0.29, 0.717) is 17.5 Å². The Balaban J connectivity index is 2.38. The van der Waals surface area contributed by atoms with Crippen LogP contribution in [0.1, 0.15) is 26.2 Å². The molecule has 1 heterocycles. The largest absolute Gasteiger partial charge is 0.329 e. The predicted octanol–water partition coefficient (Wildman–Crippen LogP) is 0.673. The molecule has 1 aromatic carbocycles. The topological polar surface area (TPSA) is 99.1 Å². The molecule has 2 rings (SSSR count). The van der Waals surface area contributed by atoms with Crippen molar-refractivity contribution < 1.29 is 8.42 Å². The molecule has 0 aliphatic heterocycles. The maximum absolute atomic E-state index is 12.6. The van der Waals surface area contributed by atoms with Crippen molar-refractivity contribution in [2.45, 2.75) is 37.1 Å². The van der Waals surface area contributed by atoms with Gasteiger partial charge in [-0.3, -0.25) is 9.13 Å². The summed E-state index contributed by atoms with van der Waals surface area (Å²) in [6.07, 6.45) is 2.60. The highest BCUT2D eigenvalue weighted by Crippen LogP contribution is 2.18. The normalized spacial score (nSPS) is 13.6. The van der Waals surface area contributed by atoms with Gasteiger partial charge in [-0.25, -0.2) is 17.9 Å². The van der Waals surface area contributed by atoms with Crippen LogP contribution in [0.2, 0.25) is 0 Å². The maximum atomic E-state index is 12.6. The van der Waals surface area contributed by atoms with E-state index in [0.717, 1.165) is 12.8 Å². The molecule has 7 nitrogen and oxygen atoms in total. The van der Waals surface area contributed by atoms with E-state index in [2.05, 4.69) is 4.72 Å². The van der Waals surface area contributed by atoms with Crippen molar-refractivity contribution in [3.05, 3.63) is 28.7 Å². The number of imidazole rings is 1. The number of benzene rings is 1. The van der Waals surface area contributed by atoms with Gasteiger partial charge in [0.15, 0.2) is 0 Å². The minimum atomic E-state index is -3.67. The molecule has 0 fully saturated rings. The summed E-state index contributed by atoms with van der Waals surface area (Å²) in [5.74, 6) is 0. The lowest BCUT2D eigenvalue weighted by molar-refractivity contribution is 0.516. The lowest BCUT2D eigenvalue weighted by atomic mass is 10.1. The molecule has 1 unspecified atom stereocenters.